The zero-order chi connectivity index (χ0) is 14.5. The standard InChI is InChI=1S/C11H17F3N2O3/c1-2-10-6-9(18,11(12,13)14)3-8(17)16(10)5-7(4-15)19-10/h7,18H,2-6,15H2,1H3/t7-,9+,10-/m1/s1. The minimum atomic E-state index is -4.86. The molecule has 2 fully saturated rings. The van der Waals surface area contributed by atoms with Gasteiger partial charge in [-0.2, -0.15) is 13.2 Å². The molecule has 0 aromatic heterocycles. The fourth-order valence-corrected chi connectivity index (χ4v) is 2.83. The second kappa shape index (κ2) is 4.32. The van der Waals surface area contributed by atoms with Crippen molar-refractivity contribution in [2.45, 2.75) is 49.8 Å². The summed E-state index contributed by atoms with van der Waals surface area (Å²) in [6, 6.07) is 0. The number of halogens is 3. The van der Waals surface area contributed by atoms with E-state index < -0.39 is 42.4 Å². The van der Waals surface area contributed by atoms with Gasteiger partial charge in [0.15, 0.2) is 5.60 Å². The molecule has 5 nitrogen and oxygen atoms in total. The third-order valence-electron chi connectivity index (χ3n) is 3.92. The molecular weight excluding hydrogens is 265 g/mol. The van der Waals surface area contributed by atoms with E-state index in [-0.39, 0.29) is 19.5 Å². The predicted molar refractivity (Wildman–Crippen MR) is 58.9 cm³/mol. The van der Waals surface area contributed by atoms with Crippen LogP contribution in [0.3, 0.4) is 0 Å². The van der Waals surface area contributed by atoms with Crippen molar-refractivity contribution in [3.05, 3.63) is 0 Å². The first-order valence-electron chi connectivity index (χ1n) is 6.15. The van der Waals surface area contributed by atoms with Crippen LogP contribution in [0.5, 0.6) is 0 Å². The summed E-state index contributed by atoms with van der Waals surface area (Å²) in [6.45, 7) is 1.92. The van der Waals surface area contributed by atoms with E-state index in [1.165, 1.54) is 4.90 Å². The van der Waals surface area contributed by atoms with E-state index in [0.717, 1.165) is 0 Å². The van der Waals surface area contributed by atoms with Crippen LogP contribution in [0.15, 0.2) is 0 Å². The summed E-state index contributed by atoms with van der Waals surface area (Å²) >= 11 is 0. The summed E-state index contributed by atoms with van der Waals surface area (Å²) < 4.78 is 44.4. The Kier molecular flexibility index (Phi) is 3.31. The van der Waals surface area contributed by atoms with Crippen molar-refractivity contribution in [1.82, 2.24) is 4.90 Å². The average Bonchev–Trinajstić information content (AvgIpc) is 2.67. The maximum atomic E-state index is 12.9. The van der Waals surface area contributed by atoms with Crippen LogP contribution >= 0.6 is 0 Å². The van der Waals surface area contributed by atoms with Crippen molar-refractivity contribution >= 4 is 5.91 Å². The van der Waals surface area contributed by atoms with Crippen molar-refractivity contribution in [2.24, 2.45) is 5.73 Å². The fourth-order valence-electron chi connectivity index (χ4n) is 2.83. The highest BCUT2D eigenvalue weighted by Crippen LogP contribution is 2.48. The van der Waals surface area contributed by atoms with Crippen molar-refractivity contribution in [2.75, 3.05) is 13.1 Å². The first kappa shape index (κ1) is 14.5. The molecule has 2 rings (SSSR count). The van der Waals surface area contributed by atoms with Crippen molar-refractivity contribution in [1.29, 1.82) is 0 Å². The lowest BCUT2D eigenvalue weighted by Gasteiger charge is -2.47. The Bertz CT molecular complexity index is 390. The topological polar surface area (TPSA) is 75.8 Å². The molecule has 3 N–H and O–H groups in total. The molecule has 0 radical (unpaired) electrons. The monoisotopic (exact) mass is 282 g/mol. The van der Waals surface area contributed by atoms with Gasteiger partial charge in [0.25, 0.3) is 0 Å². The Morgan fingerprint density at radius 1 is 1.58 bits per heavy atom. The zero-order valence-corrected chi connectivity index (χ0v) is 10.5. The molecule has 2 saturated heterocycles. The smallest absolute Gasteiger partial charge is 0.380 e. The van der Waals surface area contributed by atoms with E-state index in [0.29, 0.717) is 0 Å². The minimum absolute atomic E-state index is 0.121. The van der Waals surface area contributed by atoms with Crippen LogP contribution in [-0.2, 0) is 9.53 Å². The van der Waals surface area contributed by atoms with Gasteiger partial charge in [-0.05, 0) is 6.42 Å². The number of hydrogen-bond acceptors (Lipinski definition) is 4. The normalized spacial score (nSPS) is 39.6. The molecule has 8 heteroatoms. The van der Waals surface area contributed by atoms with E-state index in [2.05, 4.69) is 0 Å². The van der Waals surface area contributed by atoms with Crippen molar-refractivity contribution in [3.63, 3.8) is 0 Å². The average molecular weight is 282 g/mol. The van der Waals surface area contributed by atoms with Crippen molar-refractivity contribution < 1.29 is 27.8 Å². The number of carbonyl (C=O) groups is 1. The molecule has 0 aromatic carbocycles. The highest BCUT2D eigenvalue weighted by Gasteiger charge is 2.65. The van der Waals surface area contributed by atoms with E-state index in [1.807, 2.05) is 0 Å². The van der Waals surface area contributed by atoms with Gasteiger partial charge in [0.2, 0.25) is 5.91 Å². The molecule has 2 aliphatic rings. The Hall–Kier alpha value is -0.860. The second-order valence-corrected chi connectivity index (χ2v) is 5.16. The molecule has 0 spiro atoms. The zero-order valence-electron chi connectivity index (χ0n) is 10.5. The number of hydrogen-bond donors (Lipinski definition) is 2. The van der Waals surface area contributed by atoms with Crippen LogP contribution in [0.2, 0.25) is 0 Å². The number of nitrogens with zero attached hydrogens (tertiary/aromatic N) is 1. The number of aliphatic hydroxyl groups is 1. The van der Waals surface area contributed by atoms with Gasteiger partial charge in [-0.3, -0.25) is 4.79 Å². The summed E-state index contributed by atoms with van der Waals surface area (Å²) in [5.41, 5.74) is 1.03. The molecule has 3 atom stereocenters. The number of nitrogens with two attached hydrogens (primary N) is 1. The third-order valence-corrected chi connectivity index (χ3v) is 3.92. The summed E-state index contributed by atoms with van der Waals surface area (Å²) in [4.78, 5) is 13.2. The molecule has 0 saturated carbocycles. The molecule has 0 aromatic rings. The van der Waals surface area contributed by atoms with Crippen LogP contribution in [0.4, 0.5) is 13.2 Å². The Labute approximate surface area is 108 Å². The van der Waals surface area contributed by atoms with Crippen molar-refractivity contribution in [3.8, 4) is 0 Å². The summed E-state index contributed by atoms with van der Waals surface area (Å²) in [6.07, 6.45) is -6.80. The highest BCUT2D eigenvalue weighted by molar-refractivity contribution is 5.79. The number of rotatable bonds is 2. The van der Waals surface area contributed by atoms with Crippen LogP contribution < -0.4 is 5.73 Å². The lowest BCUT2D eigenvalue weighted by Crippen LogP contribution is -2.63. The molecule has 2 aliphatic heterocycles. The number of amides is 1. The van der Waals surface area contributed by atoms with E-state index in [9.17, 15) is 23.1 Å². The summed E-state index contributed by atoms with van der Waals surface area (Å²) in [5, 5.41) is 9.80. The van der Waals surface area contributed by atoms with Gasteiger partial charge in [0.1, 0.15) is 5.72 Å². The highest BCUT2D eigenvalue weighted by atomic mass is 19.4. The van der Waals surface area contributed by atoms with E-state index in [4.69, 9.17) is 10.5 Å². The summed E-state index contributed by atoms with van der Waals surface area (Å²) in [5.74, 6) is -0.746. The van der Waals surface area contributed by atoms with Gasteiger partial charge >= 0.3 is 6.18 Å². The molecule has 0 bridgehead atoms. The van der Waals surface area contributed by atoms with Gasteiger partial charge < -0.3 is 20.5 Å². The number of alkyl halides is 3. The van der Waals surface area contributed by atoms with Gasteiger partial charge in [0, 0.05) is 13.0 Å². The SMILES string of the molecule is CC[C@@]12C[C@](O)(C(F)(F)F)CC(=O)N1C[C@@H](CN)O2. The third kappa shape index (κ3) is 2.11. The molecule has 110 valence electrons. The Morgan fingerprint density at radius 3 is 2.68 bits per heavy atom. The van der Waals surface area contributed by atoms with Gasteiger partial charge in [-0.15, -0.1) is 0 Å². The number of piperidine rings is 1. The predicted octanol–water partition coefficient (Wildman–Crippen LogP) is 0.366. The largest absolute Gasteiger partial charge is 0.417 e. The molecule has 0 unspecified atom stereocenters. The molecule has 0 aliphatic carbocycles. The maximum absolute atomic E-state index is 12.9. The summed E-state index contributed by atoms with van der Waals surface area (Å²) in [7, 11) is 0. The molecule has 19 heavy (non-hydrogen) atoms. The number of fused-ring (bicyclic) bond motifs is 1. The van der Waals surface area contributed by atoms with Crippen LogP contribution in [-0.4, -0.2) is 52.6 Å². The fraction of sp³-hybridized carbons (Fsp3) is 0.909. The van der Waals surface area contributed by atoms with E-state index in [1.54, 1.807) is 6.92 Å². The van der Waals surface area contributed by atoms with Crippen LogP contribution in [0.1, 0.15) is 26.2 Å². The maximum Gasteiger partial charge on any atom is 0.417 e. The lowest BCUT2D eigenvalue weighted by molar-refractivity contribution is -0.296. The van der Waals surface area contributed by atoms with Gasteiger partial charge in [-0.25, -0.2) is 0 Å². The van der Waals surface area contributed by atoms with Crippen LogP contribution in [0, 0.1) is 0 Å². The molecule has 2 heterocycles. The van der Waals surface area contributed by atoms with E-state index >= 15 is 0 Å². The Balaban J connectivity index is 2.35. The lowest BCUT2D eigenvalue weighted by atomic mass is 9.82. The van der Waals surface area contributed by atoms with Crippen LogP contribution in [0.25, 0.3) is 0 Å². The first-order valence-corrected chi connectivity index (χ1v) is 6.15. The number of carbonyl (C=O) groups excluding carboxylic acids is 1. The Morgan fingerprint density at radius 2 is 2.21 bits per heavy atom. The first-order chi connectivity index (χ1) is 8.67. The minimum Gasteiger partial charge on any atom is -0.380 e. The second-order valence-electron chi connectivity index (χ2n) is 5.16. The number of ether oxygens (including phenoxy) is 1. The quantitative estimate of drug-likeness (QED) is 0.767. The van der Waals surface area contributed by atoms with Gasteiger partial charge in [-0.1, -0.05) is 6.92 Å². The molecular formula is C11H17F3N2O3. The molecule has 1 amide bonds. The van der Waals surface area contributed by atoms with Gasteiger partial charge in [0.05, 0.1) is 19.1 Å².